The van der Waals surface area contributed by atoms with E-state index in [2.05, 4.69) is 9.97 Å². The van der Waals surface area contributed by atoms with Gasteiger partial charge in [0.15, 0.2) is 5.16 Å². The SMILES string of the molecule is CCC(C)(Sc1ncc(C)cn1)C(=O)O. The molecule has 1 aromatic rings. The average Bonchev–Trinajstić information content (AvgIpc) is 2.21. The Morgan fingerprint density at radius 1 is 1.53 bits per heavy atom. The first-order chi connectivity index (χ1) is 6.98. The van der Waals surface area contributed by atoms with Gasteiger partial charge in [-0.2, -0.15) is 0 Å². The van der Waals surface area contributed by atoms with E-state index in [1.165, 1.54) is 11.8 Å². The van der Waals surface area contributed by atoms with Crippen LogP contribution in [0.5, 0.6) is 0 Å². The minimum atomic E-state index is -0.852. The van der Waals surface area contributed by atoms with E-state index in [1.54, 1.807) is 19.3 Å². The zero-order chi connectivity index (χ0) is 11.5. The van der Waals surface area contributed by atoms with Crippen molar-refractivity contribution in [3.05, 3.63) is 18.0 Å². The van der Waals surface area contributed by atoms with E-state index in [9.17, 15) is 4.79 Å². The summed E-state index contributed by atoms with van der Waals surface area (Å²) >= 11 is 1.19. The third-order valence-corrected chi connectivity index (χ3v) is 3.51. The Balaban J connectivity index is 2.84. The van der Waals surface area contributed by atoms with Crippen LogP contribution in [0.4, 0.5) is 0 Å². The number of rotatable bonds is 4. The summed E-state index contributed by atoms with van der Waals surface area (Å²) in [6.45, 7) is 5.42. The van der Waals surface area contributed by atoms with Gasteiger partial charge in [0.25, 0.3) is 0 Å². The molecule has 82 valence electrons. The molecule has 1 unspecified atom stereocenters. The number of hydrogen-bond donors (Lipinski definition) is 1. The van der Waals surface area contributed by atoms with Crippen molar-refractivity contribution in [2.45, 2.75) is 37.1 Å². The van der Waals surface area contributed by atoms with E-state index in [0.29, 0.717) is 11.6 Å². The number of carboxylic acid groups (broad SMARTS) is 1. The van der Waals surface area contributed by atoms with E-state index < -0.39 is 10.7 Å². The van der Waals surface area contributed by atoms with Crippen molar-refractivity contribution in [1.29, 1.82) is 0 Å². The first-order valence-electron chi connectivity index (χ1n) is 4.69. The molecule has 0 aliphatic rings. The van der Waals surface area contributed by atoms with Crippen molar-refractivity contribution in [2.24, 2.45) is 0 Å². The minimum absolute atomic E-state index is 0.507. The molecular formula is C10H14N2O2S. The maximum Gasteiger partial charge on any atom is 0.319 e. The van der Waals surface area contributed by atoms with E-state index >= 15 is 0 Å². The lowest BCUT2D eigenvalue weighted by Gasteiger charge is -2.20. The van der Waals surface area contributed by atoms with Gasteiger partial charge in [0.05, 0.1) is 0 Å². The maximum absolute atomic E-state index is 11.0. The van der Waals surface area contributed by atoms with Gasteiger partial charge in [0, 0.05) is 12.4 Å². The summed E-state index contributed by atoms with van der Waals surface area (Å²) in [4.78, 5) is 19.2. The van der Waals surface area contributed by atoms with Gasteiger partial charge in [-0.25, -0.2) is 9.97 Å². The molecule has 0 aliphatic heterocycles. The third-order valence-electron chi connectivity index (χ3n) is 2.20. The van der Waals surface area contributed by atoms with Crippen LogP contribution in [0.15, 0.2) is 17.6 Å². The minimum Gasteiger partial charge on any atom is -0.480 e. The monoisotopic (exact) mass is 226 g/mol. The molecule has 0 aromatic carbocycles. The molecule has 0 aliphatic carbocycles. The molecule has 0 spiro atoms. The summed E-state index contributed by atoms with van der Waals surface area (Å²) in [5, 5.41) is 9.58. The Hall–Kier alpha value is -1.10. The quantitative estimate of drug-likeness (QED) is 0.629. The van der Waals surface area contributed by atoms with Gasteiger partial charge >= 0.3 is 5.97 Å². The van der Waals surface area contributed by atoms with Gasteiger partial charge in [-0.1, -0.05) is 18.7 Å². The summed E-state index contributed by atoms with van der Waals surface area (Å²) in [6.07, 6.45) is 3.91. The normalized spacial score (nSPS) is 14.6. The number of aromatic nitrogens is 2. The smallest absolute Gasteiger partial charge is 0.319 e. The molecule has 0 amide bonds. The van der Waals surface area contributed by atoms with Crippen LogP contribution >= 0.6 is 11.8 Å². The van der Waals surface area contributed by atoms with E-state index in [-0.39, 0.29) is 0 Å². The number of carbonyl (C=O) groups is 1. The Kier molecular flexibility index (Phi) is 3.68. The molecule has 0 bridgehead atoms. The van der Waals surface area contributed by atoms with E-state index in [1.807, 2.05) is 13.8 Å². The van der Waals surface area contributed by atoms with Crippen molar-refractivity contribution in [3.8, 4) is 0 Å². The molecule has 1 aromatic heterocycles. The van der Waals surface area contributed by atoms with E-state index in [0.717, 1.165) is 5.56 Å². The first-order valence-corrected chi connectivity index (χ1v) is 5.50. The third kappa shape index (κ3) is 2.92. The summed E-state index contributed by atoms with van der Waals surface area (Å²) in [5.74, 6) is -0.834. The standard InChI is InChI=1S/C10H14N2O2S/c1-4-10(3,8(13)14)15-9-11-5-7(2)6-12-9/h5-6H,4H2,1-3H3,(H,13,14). The summed E-state index contributed by atoms with van der Waals surface area (Å²) in [5.41, 5.74) is 0.966. The molecule has 0 radical (unpaired) electrons. The Bertz CT molecular complexity index is 353. The molecular weight excluding hydrogens is 212 g/mol. The Labute approximate surface area is 93.1 Å². The molecule has 0 saturated heterocycles. The summed E-state index contributed by atoms with van der Waals surface area (Å²) in [6, 6.07) is 0. The number of carboxylic acids is 1. The van der Waals surface area contributed by atoms with Gasteiger partial charge in [0.2, 0.25) is 0 Å². The maximum atomic E-state index is 11.0. The molecule has 1 rings (SSSR count). The van der Waals surface area contributed by atoms with Crippen molar-refractivity contribution in [2.75, 3.05) is 0 Å². The molecule has 1 atom stereocenters. The van der Waals surface area contributed by atoms with Crippen LogP contribution in [0.25, 0.3) is 0 Å². The van der Waals surface area contributed by atoms with Crippen LogP contribution in [0.3, 0.4) is 0 Å². The molecule has 1 N–H and O–H groups in total. The Morgan fingerprint density at radius 3 is 2.47 bits per heavy atom. The number of aryl methyl sites for hydroxylation is 1. The molecule has 15 heavy (non-hydrogen) atoms. The predicted molar refractivity (Wildman–Crippen MR) is 59.0 cm³/mol. The first kappa shape index (κ1) is 12.0. The number of aliphatic carboxylic acids is 1. The zero-order valence-corrected chi connectivity index (χ0v) is 9.84. The topological polar surface area (TPSA) is 63.1 Å². The van der Waals surface area contributed by atoms with Gasteiger partial charge in [-0.3, -0.25) is 4.79 Å². The molecule has 4 nitrogen and oxygen atoms in total. The highest BCUT2D eigenvalue weighted by Crippen LogP contribution is 2.33. The largest absolute Gasteiger partial charge is 0.480 e. The van der Waals surface area contributed by atoms with E-state index in [4.69, 9.17) is 5.11 Å². The fraction of sp³-hybridized carbons (Fsp3) is 0.500. The second kappa shape index (κ2) is 4.61. The molecule has 0 fully saturated rings. The van der Waals surface area contributed by atoms with Crippen LogP contribution in [0.1, 0.15) is 25.8 Å². The lowest BCUT2D eigenvalue weighted by Crippen LogP contribution is -2.30. The van der Waals surface area contributed by atoms with Gasteiger partial charge in [0.1, 0.15) is 4.75 Å². The predicted octanol–water partition coefficient (Wildman–Crippen LogP) is 2.13. The molecule has 0 saturated carbocycles. The average molecular weight is 226 g/mol. The van der Waals surface area contributed by atoms with Crippen molar-refractivity contribution < 1.29 is 9.90 Å². The molecule has 1 heterocycles. The highest BCUT2D eigenvalue weighted by Gasteiger charge is 2.33. The van der Waals surface area contributed by atoms with Crippen LogP contribution in [0, 0.1) is 6.92 Å². The van der Waals surface area contributed by atoms with Crippen LogP contribution in [-0.4, -0.2) is 25.8 Å². The number of nitrogens with zero attached hydrogens (tertiary/aromatic N) is 2. The van der Waals surface area contributed by atoms with Gasteiger partial charge in [-0.15, -0.1) is 0 Å². The second-order valence-electron chi connectivity index (χ2n) is 3.53. The second-order valence-corrected chi connectivity index (χ2v) is 5.00. The lowest BCUT2D eigenvalue weighted by molar-refractivity contribution is -0.139. The zero-order valence-electron chi connectivity index (χ0n) is 9.02. The summed E-state index contributed by atoms with van der Waals surface area (Å²) < 4.78 is -0.852. The van der Waals surface area contributed by atoms with Gasteiger partial charge < -0.3 is 5.11 Å². The number of hydrogen-bond acceptors (Lipinski definition) is 4. The fourth-order valence-electron chi connectivity index (χ4n) is 0.902. The summed E-state index contributed by atoms with van der Waals surface area (Å²) in [7, 11) is 0. The van der Waals surface area contributed by atoms with Crippen molar-refractivity contribution in [3.63, 3.8) is 0 Å². The van der Waals surface area contributed by atoms with Gasteiger partial charge in [-0.05, 0) is 25.8 Å². The van der Waals surface area contributed by atoms with Crippen LogP contribution < -0.4 is 0 Å². The van der Waals surface area contributed by atoms with Crippen molar-refractivity contribution in [1.82, 2.24) is 9.97 Å². The fourth-order valence-corrected chi connectivity index (χ4v) is 1.75. The van der Waals surface area contributed by atoms with Crippen LogP contribution in [0.2, 0.25) is 0 Å². The molecule has 5 heteroatoms. The lowest BCUT2D eigenvalue weighted by atomic mass is 10.1. The highest BCUT2D eigenvalue weighted by atomic mass is 32.2. The van der Waals surface area contributed by atoms with Crippen molar-refractivity contribution >= 4 is 17.7 Å². The Morgan fingerprint density at radius 2 is 2.07 bits per heavy atom. The highest BCUT2D eigenvalue weighted by molar-refractivity contribution is 8.01. The van der Waals surface area contributed by atoms with Crippen LogP contribution in [-0.2, 0) is 4.79 Å². The number of thioether (sulfide) groups is 1.